The van der Waals surface area contributed by atoms with Gasteiger partial charge < -0.3 is 9.73 Å². The highest BCUT2D eigenvalue weighted by Crippen LogP contribution is 2.29. The van der Waals surface area contributed by atoms with Gasteiger partial charge >= 0.3 is 0 Å². The van der Waals surface area contributed by atoms with Crippen molar-refractivity contribution in [3.05, 3.63) is 30.3 Å². The highest BCUT2D eigenvalue weighted by molar-refractivity contribution is 7.99. The summed E-state index contributed by atoms with van der Waals surface area (Å²) < 4.78 is 5.61. The van der Waals surface area contributed by atoms with Gasteiger partial charge in [-0.25, -0.2) is 0 Å². The first-order chi connectivity index (χ1) is 11.6. The highest BCUT2D eigenvalue weighted by Gasteiger charge is 2.28. The average molecular weight is 345 g/mol. The predicted molar refractivity (Wildman–Crippen MR) is 94.6 cm³/mol. The van der Waals surface area contributed by atoms with Crippen LogP contribution in [0.4, 0.5) is 0 Å². The minimum atomic E-state index is 0.0328. The Balaban J connectivity index is 1.51. The Morgan fingerprint density at radius 3 is 2.83 bits per heavy atom. The molecule has 0 bridgehead atoms. The number of hydrogen-bond donors (Lipinski definition) is 1. The lowest BCUT2D eigenvalue weighted by Crippen LogP contribution is -2.44. The van der Waals surface area contributed by atoms with Crippen molar-refractivity contribution in [3.8, 4) is 11.5 Å². The second-order valence-electron chi connectivity index (χ2n) is 6.47. The molecule has 0 saturated heterocycles. The van der Waals surface area contributed by atoms with Crippen LogP contribution in [0.15, 0.2) is 40.0 Å². The fourth-order valence-corrected chi connectivity index (χ4v) is 3.70. The quantitative estimate of drug-likeness (QED) is 0.836. The van der Waals surface area contributed by atoms with Crippen LogP contribution in [0, 0.1) is 11.8 Å². The molecule has 1 heterocycles. The lowest BCUT2D eigenvalue weighted by Gasteiger charge is -2.34. The van der Waals surface area contributed by atoms with Crippen molar-refractivity contribution in [1.29, 1.82) is 0 Å². The van der Waals surface area contributed by atoms with Gasteiger partial charge in [-0.15, -0.1) is 10.2 Å². The Hall–Kier alpha value is -1.82. The number of amides is 1. The average Bonchev–Trinajstić information content (AvgIpc) is 3.07. The predicted octanol–water partition coefficient (Wildman–Crippen LogP) is 3.77. The van der Waals surface area contributed by atoms with Gasteiger partial charge in [0.15, 0.2) is 0 Å². The molecular formula is C18H23N3O2S. The SMILES string of the molecule is C[C@@H]1[C@H](C)CCC[C@H]1NC(=O)CSc1nnc(-c2ccccc2)o1. The van der Waals surface area contributed by atoms with Crippen molar-refractivity contribution in [2.75, 3.05) is 5.75 Å². The largest absolute Gasteiger partial charge is 0.411 e. The minimum absolute atomic E-state index is 0.0328. The molecule has 0 aliphatic heterocycles. The van der Waals surface area contributed by atoms with E-state index in [1.165, 1.54) is 24.6 Å². The summed E-state index contributed by atoms with van der Waals surface area (Å²) in [7, 11) is 0. The lowest BCUT2D eigenvalue weighted by molar-refractivity contribution is -0.120. The van der Waals surface area contributed by atoms with E-state index in [4.69, 9.17) is 4.42 Å². The summed E-state index contributed by atoms with van der Waals surface area (Å²) in [5.41, 5.74) is 0.881. The summed E-state index contributed by atoms with van der Waals surface area (Å²) in [6, 6.07) is 9.90. The molecule has 1 aromatic carbocycles. The molecule has 1 aliphatic carbocycles. The number of carbonyl (C=O) groups excluding carboxylic acids is 1. The van der Waals surface area contributed by atoms with Crippen LogP contribution in [0.1, 0.15) is 33.1 Å². The van der Waals surface area contributed by atoms with Crippen LogP contribution in [0.2, 0.25) is 0 Å². The Bertz CT molecular complexity index is 674. The molecule has 6 heteroatoms. The molecule has 1 amide bonds. The van der Waals surface area contributed by atoms with E-state index in [1.807, 2.05) is 30.3 Å². The van der Waals surface area contributed by atoms with Crippen LogP contribution >= 0.6 is 11.8 Å². The number of nitrogens with one attached hydrogen (secondary N) is 1. The van der Waals surface area contributed by atoms with E-state index in [0.29, 0.717) is 28.7 Å². The van der Waals surface area contributed by atoms with E-state index in [0.717, 1.165) is 12.0 Å². The molecule has 1 saturated carbocycles. The van der Waals surface area contributed by atoms with E-state index in [-0.39, 0.29) is 11.9 Å². The molecular weight excluding hydrogens is 322 g/mol. The maximum Gasteiger partial charge on any atom is 0.277 e. The third-order valence-corrected chi connectivity index (χ3v) is 5.63. The van der Waals surface area contributed by atoms with Gasteiger partial charge in [-0.3, -0.25) is 4.79 Å². The topological polar surface area (TPSA) is 68.0 Å². The van der Waals surface area contributed by atoms with Crippen LogP contribution in [0.3, 0.4) is 0 Å². The Morgan fingerprint density at radius 2 is 2.04 bits per heavy atom. The van der Waals surface area contributed by atoms with Crippen LogP contribution in [0.5, 0.6) is 0 Å². The fourth-order valence-electron chi connectivity index (χ4n) is 3.13. The molecule has 3 atom stereocenters. The van der Waals surface area contributed by atoms with Gasteiger partial charge in [-0.2, -0.15) is 0 Å². The van der Waals surface area contributed by atoms with Crippen molar-refractivity contribution >= 4 is 17.7 Å². The minimum Gasteiger partial charge on any atom is -0.411 e. The molecule has 2 aromatic rings. The summed E-state index contributed by atoms with van der Waals surface area (Å²) in [6.07, 6.45) is 3.51. The summed E-state index contributed by atoms with van der Waals surface area (Å²) in [5.74, 6) is 2.01. The van der Waals surface area contributed by atoms with Crippen LogP contribution in [0.25, 0.3) is 11.5 Å². The number of thioether (sulfide) groups is 1. The Morgan fingerprint density at radius 1 is 1.25 bits per heavy atom. The van der Waals surface area contributed by atoms with E-state index < -0.39 is 0 Å². The van der Waals surface area contributed by atoms with E-state index in [2.05, 4.69) is 29.4 Å². The number of nitrogens with zero attached hydrogens (tertiary/aromatic N) is 2. The molecule has 1 N–H and O–H groups in total. The fraction of sp³-hybridized carbons (Fsp3) is 0.500. The maximum atomic E-state index is 12.2. The zero-order valence-electron chi connectivity index (χ0n) is 14.1. The molecule has 3 rings (SSSR count). The van der Waals surface area contributed by atoms with Crippen LogP contribution < -0.4 is 5.32 Å². The van der Waals surface area contributed by atoms with Gasteiger partial charge in [0.1, 0.15) is 0 Å². The van der Waals surface area contributed by atoms with Gasteiger partial charge in [0.25, 0.3) is 5.22 Å². The summed E-state index contributed by atoms with van der Waals surface area (Å²) >= 11 is 1.28. The molecule has 1 aromatic heterocycles. The number of carbonyl (C=O) groups is 1. The van der Waals surface area contributed by atoms with Crippen molar-refractivity contribution in [2.45, 2.75) is 44.4 Å². The Kier molecular flexibility index (Phi) is 5.56. The first kappa shape index (κ1) is 17.0. The van der Waals surface area contributed by atoms with Crippen molar-refractivity contribution < 1.29 is 9.21 Å². The molecule has 0 radical (unpaired) electrons. The summed E-state index contributed by atoms with van der Waals surface area (Å²) in [6.45, 7) is 4.49. The molecule has 0 unspecified atom stereocenters. The molecule has 24 heavy (non-hydrogen) atoms. The molecule has 0 spiro atoms. The van der Waals surface area contributed by atoms with Gasteiger partial charge in [0.2, 0.25) is 11.8 Å². The number of rotatable bonds is 5. The van der Waals surface area contributed by atoms with E-state index >= 15 is 0 Å². The monoisotopic (exact) mass is 345 g/mol. The molecule has 1 fully saturated rings. The smallest absolute Gasteiger partial charge is 0.277 e. The lowest BCUT2D eigenvalue weighted by atomic mass is 9.78. The second-order valence-corrected chi connectivity index (χ2v) is 7.40. The molecule has 128 valence electrons. The van der Waals surface area contributed by atoms with Crippen molar-refractivity contribution in [2.24, 2.45) is 11.8 Å². The number of hydrogen-bond acceptors (Lipinski definition) is 5. The third kappa shape index (κ3) is 4.17. The zero-order valence-corrected chi connectivity index (χ0v) is 14.9. The normalized spacial score (nSPS) is 23.8. The van der Waals surface area contributed by atoms with E-state index in [9.17, 15) is 4.79 Å². The van der Waals surface area contributed by atoms with Gasteiger partial charge in [0, 0.05) is 11.6 Å². The standard InChI is InChI=1S/C18H23N3O2S/c1-12-7-6-10-15(13(12)2)19-16(22)11-24-18-21-20-17(23-18)14-8-4-3-5-9-14/h3-5,8-9,12-13,15H,6-7,10-11H2,1-2H3,(H,19,22)/t12-,13-,15-/m1/s1. The van der Waals surface area contributed by atoms with Gasteiger partial charge in [0.05, 0.1) is 5.75 Å². The van der Waals surface area contributed by atoms with Crippen molar-refractivity contribution in [3.63, 3.8) is 0 Å². The van der Waals surface area contributed by atoms with Gasteiger partial charge in [-0.05, 0) is 30.4 Å². The highest BCUT2D eigenvalue weighted by atomic mass is 32.2. The summed E-state index contributed by atoms with van der Waals surface area (Å²) in [5, 5.41) is 11.6. The van der Waals surface area contributed by atoms with Gasteiger partial charge in [-0.1, -0.05) is 56.7 Å². The van der Waals surface area contributed by atoms with Crippen LogP contribution in [-0.2, 0) is 4.79 Å². The summed E-state index contributed by atoms with van der Waals surface area (Å²) in [4.78, 5) is 12.2. The van der Waals surface area contributed by atoms with Crippen LogP contribution in [-0.4, -0.2) is 27.9 Å². The van der Waals surface area contributed by atoms with Crippen molar-refractivity contribution in [1.82, 2.24) is 15.5 Å². The number of aromatic nitrogens is 2. The Labute approximate surface area is 146 Å². The third-order valence-electron chi connectivity index (χ3n) is 4.81. The molecule has 1 aliphatic rings. The first-order valence-corrected chi connectivity index (χ1v) is 9.43. The first-order valence-electron chi connectivity index (χ1n) is 8.44. The second kappa shape index (κ2) is 7.83. The zero-order chi connectivity index (χ0) is 16.9. The number of benzene rings is 1. The maximum absolute atomic E-state index is 12.2. The molecule has 5 nitrogen and oxygen atoms in total. The van der Waals surface area contributed by atoms with E-state index in [1.54, 1.807) is 0 Å².